The van der Waals surface area contributed by atoms with E-state index in [1.165, 1.54) is 56.9 Å². The van der Waals surface area contributed by atoms with E-state index in [1.807, 2.05) is 43.6 Å². The van der Waals surface area contributed by atoms with E-state index >= 15 is 0 Å². The molecule has 5 rings (SSSR count). The van der Waals surface area contributed by atoms with E-state index in [1.54, 1.807) is 0 Å². The third-order valence-corrected chi connectivity index (χ3v) is 9.63. The van der Waals surface area contributed by atoms with E-state index in [2.05, 4.69) is 29.2 Å². The monoisotopic (exact) mass is 585 g/mol. The molecule has 2 aliphatic rings. The fourth-order valence-corrected chi connectivity index (χ4v) is 7.29. The van der Waals surface area contributed by atoms with Gasteiger partial charge >= 0.3 is 6.01 Å². The van der Waals surface area contributed by atoms with Crippen molar-refractivity contribution < 1.29 is 9.84 Å². The first-order valence-corrected chi connectivity index (χ1v) is 16.7. The molecule has 43 heavy (non-hydrogen) atoms. The second-order valence-corrected chi connectivity index (χ2v) is 14.0. The standard InChI is InChI=1S/C36H51N5O2/c1-27(42)24-40-21-10-11-29(25-40)26-43-35-39-33(31-16-14-28(23-37)15-17-31)32(34-38-20-22-41(34)35)30-12-6-4-8-18-36(2,3)19-9-5-7-13-30/h14-17,20,22,27,29-30,42H,4-13,18-19,21,24-26H2,1-3H3/t27-,29?/m1/s1. The number of benzene rings is 1. The number of likely N-dealkylation sites (tertiary alicyclic amines) is 1. The Hall–Kier alpha value is -2.95. The van der Waals surface area contributed by atoms with Crippen LogP contribution in [0, 0.1) is 22.7 Å². The number of aromatic nitrogens is 3. The Labute approximate surface area is 258 Å². The number of β-amino-alcohol motifs (C(OH)–C–C–N with tert-alkyl or cyclic N) is 1. The van der Waals surface area contributed by atoms with Gasteiger partial charge in [0.1, 0.15) is 5.65 Å². The van der Waals surface area contributed by atoms with Gasteiger partial charge in [0.15, 0.2) is 0 Å². The molecule has 3 heterocycles. The van der Waals surface area contributed by atoms with Crippen molar-refractivity contribution in [2.24, 2.45) is 11.3 Å². The van der Waals surface area contributed by atoms with E-state index in [-0.39, 0.29) is 6.10 Å². The maximum absolute atomic E-state index is 9.90. The van der Waals surface area contributed by atoms with Gasteiger partial charge in [-0.25, -0.2) is 4.98 Å². The summed E-state index contributed by atoms with van der Waals surface area (Å²) in [4.78, 5) is 12.5. The normalized spacial score (nSPS) is 21.9. The molecule has 1 aliphatic carbocycles. The third kappa shape index (κ3) is 8.37. The van der Waals surface area contributed by atoms with Gasteiger partial charge in [-0.05, 0) is 75.5 Å². The fraction of sp³-hybridized carbons (Fsp3) is 0.639. The fourth-order valence-electron chi connectivity index (χ4n) is 7.29. The molecule has 1 saturated carbocycles. The maximum atomic E-state index is 9.90. The highest BCUT2D eigenvalue weighted by Gasteiger charge is 2.27. The topological polar surface area (TPSA) is 86.7 Å². The van der Waals surface area contributed by atoms with Crippen molar-refractivity contribution >= 4 is 5.65 Å². The molecule has 232 valence electrons. The van der Waals surface area contributed by atoms with Crippen molar-refractivity contribution in [1.82, 2.24) is 19.3 Å². The van der Waals surface area contributed by atoms with Gasteiger partial charge in [-0.1, -0.05) is 64.5 Å². The highest BCUT2D eigenvalue weighted by atomic mass is 16.5. The zero-order valence-corrected chi connectivity index (χ0v) is 26.6. The summed E-state index contributed by atoms with van der Waals surface area (Å²) in [6.07, 6.45) is 18.2. The van der Waals surface area contributed by atoms with E-state index in [9.17, 15) is 10.4 Å². The zero-order valence-electron chi connectivity index (χ0n) is 26.6. The summed E-state index contributed by atoms with van der Waals surface area (Å²) in [6, 6.07) is 10.7. The average Bonchev–Trinajstić information content (AvgIpc) is 3.48. The largest absolute Gasteiger partial charge is 0.464 e. The molecule has 1 N–H and O–H groups in total. The molecule has 1 aromatic carbocycles. The Morgan fingerprint density at radius 1 is 1.02 bits per heavy atom. The number of hydrogen-bond donors (Lipinski definition) is 1. The van der Waals surface area contributed by atoms with E-state index in [0.29, 0.717) is 42.0 Å². The summed E-state index contributed by atoms with van der Waals surface area (Å²) in [5.74, 6) is 0.763. The molecule has 2 aromatic heterocycles. The lowest BCUT2D eigenvalue weighted by atomic mass is 9.80. The van der Waals surface area contributed by atoms with Crippen molar-refractivity contribution in [3.63, 3.8) is 0 Å². The molecule has 2 fully saturated rings. The minimum absolute atomic E-state index is 0.322. The zero-order chi connectivity index (χ0) is 30.2. The van der Waals surface area contributed by atoms with Crippen LogP contribution in [0.4, 0.5) is 0 Å². The summed E-state index contributed by atoms with van der Waals surface area (Å²) in [7, 11) is 0. The van der Waals surface area contributed by atoms with E-state index in [4.69, 9.17) is 14.7 Å². The molecule has 7 nitrogen and oxygen atoms in total. The van der Waals surface area contributed by atoms with Gasteiger partial charge in [0, 0.05) is 42.5 Å². The van der Waals surface area contributed by atoms with Gasteiger partial charge in [-0.3, -0.25) is 4.40 Å². The minimum Gasteiger partial charge on any atom is -0.464 e. The molecular weight excluding hydrogens is 534 g/mol. The summed E-state index contributed by atoms with van der Waals surface area (Å²) < 4.78 is 8.57. The Kier molecular flexibility index (Phi) is 10.7. The molecular formula is C36H51N5O2. The molecule has 0 bridgehead atoms. The van der Waals surface area contributed by atoms with Crippen molar-refractivity contribution in [3.05, 3.63) is 47.8 Å². The lowest BCUT2D eigenvalue weighted by Crippen LogP contribution is -2.41. The van der Waals surface area contributed by atoms with E-state index in [0.717, 1.165) is 55.7 Å². The molecule has 3 aromatic rings. The van der Waals surface area contributed by atoms with Crippen LogP contribution in [0.5, 0.6) is 6.01 Å². The number of nitriles is 1. The van der Waals surface area contributed by atoms with Crippen molar-refractivity contribution in [1.29, 1.82) is 5.26 Å². The van der Waals surface area contributed by atoms with Crippen LogP contribution in [-0.4, -0.2) is 56.7 Å². The SMILES string of the molecule is C[C@@H](O)CN1CCCC(COc2nc(-c3ccc(C#N)cc3)c(C3CCCCCC(C)(C)CCCCC3)c3nccn23)C1. The summed E-state index contributed by atoms with van der Waals surface area (Å²) in [5.41, 5.74) is 5.23. The Balaban J connectivity index is 1.46. The van der Waals surface area contributed by atoms with Gasteiger partial charge in [-0.2, -0.15) is 10.2 Å². The lowest BCUT2D eigenvalue weighted by Gasteiger charge is -2.33. The lowest BCUT2D eigenvalue weighted by molar-refractivity contribution is 0.0778. The Morgan fingerprint density at radius 2 is 1.74 bits per heavy atom. The van der Waals surface area contributed by atoms with Gasteiger partial charge in [-0.15, -0.1) is 0 Å². The molecule has 0 spiro atoms. The molecule has 1 unspecified atom stereocenters. The number of fused-ring (bicyclic) bond motifs is 1. The van der Waals surface area contributed by atoms with Gasteiger partial charge in [0.05, 0.1) is 30.0 Å². The Bertz CT molecular complexity index is 1340. The van der Waals surface area contributed by atoms with E-state index < -0.39 is 0 Å². The van der Waals surface area contributed by atoms with Crippen LogP contribution in [0.15, 0.2) is 36.7 Å². The first-order valence-electron chi connectivity index (χ1n) is 16.7. The average molecular weight is 586 g/mol. The third-order valence-electron chi connectivity index (χ3n) is 9.63. The molecule has 7 heteroatoms. The molecule has 2 atom stereocenters. The maximum Gasteiger partial charge on any atom is 0.302 e. The minimum atomic E-state index is -0.322. The smallest absolute Gasteiger partial charge is 0.302 e. The highest BCUT2D eigenvalue weighted by Crippen LogP contribution is 2.40. The second kappa shape index (κ2) is 14.7. The summed E-state index contributed by atoms with van der Waals surface area (Å²) >= 11 is 0. The van der Waals surface area contributed by atoms with Gasteiger partial charge in [0.25, 0.3) is 0 Å². The predicted molar refractivity (Wildman–Crippen MR) is 172 cm³/mol. The first-order chi connectivity index (χ1) is 20.8. The molecule has 0 amide bonds. The van der Waals surface area contributed by atoms with Crippen LogP contribution in [0.1, 0.15) is 115 Å². The number of rotatable bonds is 7. The second-order valence-electron chi connectivity index (χ2n) is 14.0. The van der Waals surface area contributed by atoms with Crippen LogP contribution in [0.2, 0.25) is 0 Å². The van der Waals surface area contributed by atoms with Crippen LogP contribution in [-0.2, 0) is 0 Å². The van der Waals surface area contributed by atoms with Crippen molar-refractivity contribution in [2.45, 2.75) is 110 Å². The predicted octanol–water partition coefficient (Wildman–Crippen LogP) is 7.76. The number of piperidine rings is 1. The van der Waals surface area contributed by atoms with Crippen LogP contribution >= 0.6 is 0 Å². The van der Waals surface area contributed by atoms with Crippen LogP contribution in [0.3, 0.4) is 0 Å². The number of ether oxygens (including phenoxy) is 1. The van der Waals surface area contributed by atoms with Gasteiger partial charge in [0.2, 0.25) is 0 Å². The number of hydrogen-bond acceptors (Lipinski definition) is 6. The number of imidazole rings is 1. The summed E-state index contributed by atoms with van der Waals surface area (Å²) in [5, 5.41) is 19.3. The number of nitrogens with zero attached hydrogens (tertiary/aromatic N) is 5. The van der Waals surface area contributed by atoms with Crippen LogP contribution < -0.4 is 4.74 Å². The number of aliphatic hydroxyl groups is 1. The molecule has 0 radical (unpaired) electrons. The summed E-state index contributed by atoms with van der Waals surface area (Å²) in [6.45, 7) is 9.99. The molecule has 1 aliphatic heterocycles. The van der Waals surface area contributed by atoms with Crippen molar-refractivity contribution in [2.75, 3.05) is 26.2 Å². The first kappa shape index (κ1) is 31.5. The quantitative estimate of drug-likeness (QED) is 0.305. The highest BCUT2D eigenvalue weighted by molar-refractivity contribution is 5.72. The van der Waals surface area contributed by atoms with Gasteiger partial charge < -0.3 is 14.7 Å². The number of aliphatic hydroxyl groups excluding tert-OH is 1. The van der Waals surface area contributed by atoms with Crippen molar-refractivity contribution in [3.8, 4) is 23.3 Å². The van der Waals surface area contributed by atoms with Crippen LogP contribution in [0.25, 0.3) is 16.9 Å². The molecule has 1 saturated heterocycles. The Morgan fingerprint density at radius 3 is 2.42 bits per heavy atom.